The Bertz CT molecular complexity index is 1360. The summed E-state index contributed by atoms with van der Waals surface area (Å²) in [6.45, 7) is 17.5. The zero-order chi connectivity index (χ0) is 31.4. The molecule has 3 aliphatic rings. The van der Waals surface area contributed by atoms with E-state index in [0.29, 0.717) is 45.5 Å². The number of hydrogen-bond acceptors (Lipinski definition) is 7. The quantitative estimate of drug-likeness (QED) is 0.391. The summed E-state index contributed by atoms with van der Waals surface area (Å²) >= 11 is 0. The molecule has 1 spiro atoms. The van der Waals surface area contributed by atoms with Crippen LogP contribution >= 0.6 is 0 Å². The van der Waals surface area contributed by atoms with Crippen molar-refractivity contribution in [2.24, 2.45) is 0 Å². The number of fused-ring (bicyclic) bond motifs is 4. The second-order valence-corrected chi connectivity index (χ2v) is 14.7. The number of para-hydroxylation sites is 1. The molecule has 1 aromatic heterocycles. The topological polar surface area (TPSA) is 95.4 Å². The highest BCUT2D eigenvalue weighted by atomic mass is 16.6. The minimum atomic E-state index is -0.652. The molecule has 2 saturated heterocycles. The van der Waals surface area contributed by atoms with E-state index in [1.54, 1.807) is 12.0 Å². The molecule has 0 saturated carbocycles. The minimum absolute atomic E-state index is 0.0514. The van der Waals surface area contributed by atoms with Crippen LogP contribution in [0.5, 0.6) is 5.75 Å². The number of amides is 2. The Balaban J connectivity index is 1.50. The van der Waals surface area contributed by atoms with Gasteiger partial charge in [0.15, 0.2) is 0 Å². The first kappa shape index (κ1) is 31.2. The van der Waals surface area contributed by atoms with Gasteiger partial charge >= 0.3 is 12.2 Å². The number of hydrogen-bond donors (Lipinski definition) is 0. The van der Waals surface area contributed by atoms with Gasteiger partial charge in [-0.1, -0.05) is 12.1 Å². The van der Waals surface area contributed by atoms with E-state index >= 15 is 0 Å². The lowest BCUT2D eigenvalue weighted by Crippen LogP contribution is -2.54. The molecule has 43 heavy (non-hydrogen) atoms. The van der Waals surface area contributed by atoms with E-state index in [4.69, 9.17) is 24.0 Å². The van der Waals surface area contributed by atoms with Crippen LogP contribution in [0.15, 0.2) is 24.3 Å². The Kier molecular flexibility index (Phi) is 7.99. The molecule has 2 amide bonds. The molecule has 0 aliphatic carbocycles. The number of carbonyl (C=O) groups is 2. The summed E-state index contributed by atoms with van der Waals surface area (Å²) in [6, 6.07) is 8.09. The van der Waals surface area contributed by atoms with Crippen LogP contribution in [0.25, 0.3) is 11.3 Å². The summed E-state index contributed by atoms with van der Waals surface area (Å²) in [5.74, 6) is 0.800. The highest BCUT2D eigenvalue weighted by molar-refractivity contribution is 5.75. The molecular formula is C33H48N4O6. The molecule has 0 bridgehead atoms. The molecule has 4 heterocycles. The predicted molar refractivity (Wildman–Crippen MR) is 163 cm³/mol. The molecular weight excluding hydrogens is 548 g/mol. The Labute approximate surface area is 255 Å². The highest BCUT2D eigenvalue weighted by Crippen LogP contribution is 2.52. The van der Waals surface area contributed by atoms with Crippen LogP contribution in [-0.2, 0) is 26.4 Å². The van der Waals surface area contributed by atoms with Crippen molar-refractivity contribution in [2.45, 2.75) is 116 Å². The van der Waals surface area contributed by atoms with Gasteiger partial charge in [0.05, 0.1) is 18.3 Å². The number of nitrogens with zero attached hydrogens (tertiary/aromatic N) is 4. The van der Waals surface area contributed by atoms with Crippen LogP contribution in [0.4, 0.5) is 9.59 Å². The Morgan fingerprint density at radius 1 is 0.977 bits per heavy atom. The lowest BCUT2D eigenvalue weighted by atomic mass is 9.79. The van der Waals surface area contributed by atoms with Crippen molar-refractivity contribution in [3.05, 3.63) is 35.5 Å². The number of likely N-dealkylation sites (tertiary alicyclic amines) is 2. The van der Waals surface area contributed by atoms with Gasteiger partial charge in [-0.05, 0) is 80.4 Å². The average Bonchev–Trinajstić information content (AvgIpc) is 3.27. The van der Waals surface area contributed by atoms with Crippen molar-refractivity contribution in [3.63, 3.8) is 0 Å². The summed E-state index contributed by atoms with van der Waals surface area (Å²) in [6.07, 6.45) is 2.08. The molecule has 1 aromatic carbocycles. The second kappa shape index (κ2) is 11.0. The first-order valence-electron chi connectivity index (χ1n) is 15.4. The molecule has 2 fully saturated rings. The van der Waals surface area contributed by atoms with E-state index in [1.165, 1.54) is 0 Å². The molecule has 1 atom stereocenters. The van der Waals surface area contributed by atoms with Crippen molar-refractivity contribution < 1.29 is 28.5 Å². The van der Waals surface area contributed by atoms with E-state index in [-0.39, 0.29) is 18.2 Å². The van der Waals surface area contributed by atoms with Crippen molar-refractivity contribution >= 4 is 12.2 Å². The van der Waals surface area contributed by atoms with Crippen LogP contribution in [0.3, 0.4) is 0 Å². The molecule has 2 aromatic rings. The van der Waals surface area contributed by atoms with Gasteiger partial charge in [-0.25, -0.2) is 9.59 Å². The fourth-order valence-corrected chi connectivity index (χ4v) is 6.69. The first-order chi connectivity index (χ1) is 20.0. The predicted octanol–water partition coefficient (Wildman–Crippen LogP) is 6.67. The number of ether oxygens (including phenoxy) is 4. The van der Waals surface area contributed by atoms with Crippen molar-refractivity contribution in [2.75, 3.05) is 26.7 Å². The maximum atomic E-state index is 13.1. The van der Waals surface area contributed by atoms with Crippen LogP contribution in [-0.4, -0.2) is 75.3 Å². The van der Waals surface area contributed by atoms with Crippen LogP contribution in [0.1, 0.15) is 98.4 Å². The molecule has 0 radical (unpaired) electrons. The molecule has 1 unspecified atom stereocenters. The number of rotatable bonds is 3. The van der Waals surface area contributed by atoms with Gasteiger partial charge in [0.25, 0.3) is 0 Å². The largest absolute Gasteiger partial charge is 0.482 e. The normalized spacial score (nSPS) is 21.1. The Morgan fingerprint density at radius 3 is 2.21 bits per heavy atom. The van der Waals surface area contributed by atoms with Crippen molar-refractivity contribution in [3.8, 4) is 17.0 Å². The maximum Gasteiger partial charge on any atom is 0.410 e. The molecule has 3 aliphatic heterocycles. The maximum absolute atomic E-state index is 13.1. The zero-order valence-electron chi connectivity index (χ0n) is 27.3. The lowest BCUT2D eigenvalue weighted by molar-refractivity contribution is -0.0229. The minimum Gasteiger partial charge on any atom is -0.482 e. The number of piperidine rings is 2. The summed E-state index contributed by atoms with van der Waals surface area (Å²) in [7, 11) is 1.70. The lowest BCUT2D eigenvalue weighted by Gasteiger charge is -2.46. The standard InChI is InChI=1S/C33H48N4O6/c1-30(2,3)42-28(38)35-18-15-33(16-19-35)26-24(21-40-9)37(34-27(26)23-12-10-11-13-25(23)41-33)22-14-17-36(32(7,8)20-22)29(39)43-31(4,5)6/h10-13,22H,14-21H2,1-9H3. The van der Waals surface area contributed by atoms with Gasteiger partial charge in [-0.2, -0.15) is 5.10 Å². The fourth-order valence-electron chi connectivity index (χ4n) is 6.69. The highest BCUT2D eigenvalue weighted by Gasteiger charge is 2.49. The van der Waals surface area contributed by atoms with Crippen LogP contribution in [0, 0.1) is 0 Å². The average molecular weight is 597 g/mol. The summed E-state index contributed by atoms with van der Waals surface area (Å²) in [5, 5.41) is 5.30. The summed E-state index contributed by atoms with van der Waals surface area (Å²) < 4.78 is 26.2. The molecule has 10 heteroatoms. The van der Waals surface area contributed by atoms with Crippen molar-refractivity contribution in [1.82, 2.24) is 19.6 Å². The van der Waals surface area contributed by atoms with E-state index < -0.39 is 22.3 Å². The van der Waals surface area contributed by atoms with Gasteiger partial charge in [-0.3, -0.25) is 4.68 Å². The number of benzene rings is 1. The molecule has 0 N–H and O–H groups in total. The summed E-state index contributed by atoms with van der Waals surface area (Å²) in [5.41, 5.74) is 1.70. The first-order valence-corrected chi connectivity index (χ1v) is 15.4. The van der Waals surface area contributed by atoms with E-state index in [2.05, 4.69) is 24.6 Å². The Morgan fingerprint density at radius 2 is 1.60 bits per heavy atom. The zero-order valence-corrected chi connectivity index (χ0v) is 27.3. The van der Waals surface area contributed by atoms with Gasteiger partial charge in [0.2, 0.25) is 0 Å². The number of aromatic nitrogens is 2. The van der Waals surface area contributed by atoms with E-state index in [0.717, 1.165) is 34.7 Å². The second-order valence-electron chi connectivity index (χ2n) is 14.7. The SMILES string of the molecule is COCc1c2c(nn1C1CCN(C(=O)OC(C)(C)C)C(C)(C)C1)-c1ccccc1OC21CCN(C(=O)OC(C)(C)C)CC1. The van der Waals surface area contributed by atoms with E-state index in [9.17, 15) is 9.59 Å². The molecule has 10 nitrogen and oxygen atoms in total. The van der Waals surface area contributed by atoms with Gasteiger partial charge < -0.3 is 28.7 Å². The van der Waals surface area contributed by atoms with E-state index in [1.807, 2.05) is 64.6 Å². The monoisotopic (exact) mass is 596 g/mol. The van der Waals surface area contributed by atoms with Crippen LogP contribution < -0.4 is 4.74 Å². The third-order valence-electron chi connectivity index (χ3n) is 8.53. The van der Waals surface area contributed by atoms with Gasteiger partial charge in [0, 0.05) is 56.3 Å². The fraction of sp³-hybridized carbons (Fsp3) is 0.667. The third-order valence-corrected chi connectivity index (χ3v) is 8.53. The molecule has 5 rings (SSSR count). The summed E-state index contributed by atoms with van der Waals surface area (Å²) in [4.78, 5) is 29.6. The number of methoxy groups -OCH3 is 1. The molecule has 236 valence electrons. The van der Waals surface area contributed by atoms with Crippen molar-refractivity contribution in [1.29, 1.82) is 0 Å². The number of carbonyl (C=O) groups excluding carboxylic acids is 2. The third kappa shape index (κ3) is 6.21. The van der Waals surface area contributed by atoms with Crippen LogP contribution in [0.2, 0.25) is 0 Å². The van der Waals surface area contributed by atoms with Gasteiger partial charge in [0.1, 0.15) is 28.2 Å². The van der Waals surface area contributed by atoms with Gasteiger partial charge in [-0.15, -0.1) is 0 Å². The Hall–Kier alpha value is -3.27. The smallest absolute Gasteiger partial charge is 0.410 e.